The molecule has 6 nitrogen and oxygen atoms in total. The molecular formula is C15H17N3O3. The topological polar surface area (TPSA) is 77.2 Å². The van der Waals surface area contributed by atoms with Gasteiger partial charge >= 0.3 is 0 Å². The van der Waals surface area contributed by atoms with Gasteiger partial charge in [0, 0.05) is 12.2 Å². The minimum Gasteiger partial charge on any atom is -0.381 e. The van der Waals surface area contributed by atoms with Crippen LogP contribution >= 0.6 is 0 Å². The number of aromatic nitrogens is 2. The lowest BCUT2D eigenvalue weighted by atomic mass is 10.1. The second-order valence-electron chi connectivity index (χ2n) is 5.16. The summed E-state index contributed by atoms with van der Waals surface area (Å²) in [6, 6.07) is 7.84. The zero-order valence-corrected chi connectivity index (χ0v) is 11.8. The molecule has 1 aromatic heterocycles. The molecule has 0 spiro atoms. The van der Waals surface area contributed by atoms with E-state index < -0.39 is 0 Å². The largest absolute Gasteiger partial charge is 0.381 e. The number of carbonyl (C=O) groups is 1. The molecule has 1 saturated heterocycles. The molecule has 0 radical (unpaired) electrons. The van der Waals surface area contributed by atoms with Gasteiger partial charge in [0.1, 0.15) is 0 Å². The van der Waals surface area contributed by atoms with Gasteiger partial charge in [0.25, 0.3) is 5.89 Å². The first-order chi connectivity index (χ1) is 10.2. The smallest absolute Gasteiger partial charge is 0.257 e. The van der Waals surface area contributed by atoms with E-state index in [-0.39, 0.29) is 18.4 Å². The number of hydrogen-bond donors (Lipinski definition) is 1. The summed E-state index contributed by atoms with van der Waals surface area (Å²) in [7, 11) is 0. The molecule has 1 fully saturated rings. The molecule has 3 rings (SSSR count). The van der Waals surface area contributed by atoms with E-state index in [9.17, 15) is 4.79 Å². The number of nitrogens with zero attached hydrogens (tertiary/aromatic N) is 2. The Balaban J connectivity index is 1.60. The van der Waals surface area contributed by atoms with Crippen LogP contribution in [0.2, 0.25) is 0 Å². The maximum atomic E-state index is 11.9. The van der Waals surface area contributed by atoms with Crippen molar-refractivity contribution in [3.05, 3.63) is 35.7 Å². The Morgan fingerprint density at radius 3 is 2.90 bits per heavy atom. The van der Waals surface area contributed by atoms with E-state index in [1.807, 2.05) is 31.2 Å². The van der Waals surface area contributed by atoms with Crippen LogP contribution in [0, 0.1) is 12.8 Å². The fourth-order valence-corrected chi connectivity index (χ4v) is 2.19. The van der Waals surface area contributed by atoms with Gasteiger partial charge in [0.05, 0.1) is 19.1 Å². The Morgan fingerprint density at radius 1 is 1.38 bits per heavy atom. The number of ether oxygens (including phenoxy) is 1. The van der Waals surface area contributed by atoms with Crippen molar-refractivity contribution >= 4 is 5.91 Å². The number of aryl methyl sites for hydroxylation is 1. The second-order valence-corrected chi connectivity index (χ2v) is 5.16. The number of amides is 1. The molecule has 1 N–H and O–H groups in total. The third-order valence-electron chi connectivity index (χ3n) is 3.49. The molecule has 1 atom stereocenters. The van der Waals surface area contributed by atoms with Gasteiger partial charge in [-0.25, -0.2) is 0 Å². The maximum absolute atomic E-state index is 11.9. The number of hydrogen-bond acceptors (Lipinski definition) is 5. The fourth-order valence-electron chi connectivity index (χ4n) is 2.19. The summed E-state index contributed by atoms with van der Waals surface area (Å²) in [6.07, 6.45) is 0.771. The highest BCUT2D eigenvalue weighted by Gasteiger charge is 2.23. The molecular weight excluding hydrogens is 270 g/mol. The number of nitrogens with one attached hydrogen (secondary N) is 1. The minimum atomic E-state index is -0.0616. The van der Waals surface area contributed by atoms with Crippen molar-refractivity contribution in [2.24, 2.45) is 5.92 Å². The van der Waals surface area contributed by atoms with Gasteiger partial charge in [-0.2, -0.15) is 4.98 Å². The van der Waals surface area contributed by atoms with E-state index in [1.165, 1.54) is 5.56 Å². The molecule has 1 amide bonds. The molecule has 2 heterocycles. The van der Waals surface area contributed by atoms with Crippen LogP contribution in [0.3, 0.4) is 0 Å². The zero-order valence-electron chi connectivity index (χ0n) is 11.8. The highest BCUT2D eigenvalue weighted by atomic mass is 16.5. The van der Waals surface area contributed by atoms with Crippen LogP contribution in [0.25, 0.3) is 11.5 Å². The molecule has 2 aromatic rings. The van der Waals surface area contributed by atoms with Gasteiger partial charge in [0.15, 0.2) is 5.82 Å². The lowest BCUT2D eigenvalue weighted by Gasteiger charge is -2.06. The predicted molar refractivity (Wildman–Crippen MR) is 75.2 cm³/mol. The van der Waals surface area contributed by atoms with Gasteiger partial charge in [-0.1, -0.05) is 22.9 Å². The standard InChI is InChI=1S/C15H17N3O3/c1-10-2-4-11(5-3-10)15-17-13(18-21-15)8-16-14(19)12-6-7-20-9-12/h2-5,12H,6-9H2,1H3,(H,16,19). The molecule has 6 heteroatoms. The monoisotopic (exact) mass is 287 g/mol. The molecule has 110 valence electrons. The van der Waals surface area contributed by atoms with Crippen molar-refractivity contribution in [2.45, 2.75) is 19.9 Å². The SMILES string of the molecule is Cc1ccc(-c2nc(CNC(=O)C3CCOC3)no2)cc1. The summed E-state index contributed by atoms with van der Waals surface area (Å²) in [5, 5.41) is 6.69. The number of benzene rings is 1. The third kappa shape index (κ3) is 3.28. The number of rotatable bonds is 4. The highest BCUT2D eigenvalue weighted by Crippen LogP contribution is 2.17. The van der Waals surface area contributed by atoms with Crippen molar-refractivity contribution in [3.8, 4) is 11.5 Å². The van der Waals surface area contributed by atoms with Crippen LogP contribution in [0.1, 0.15) is 17.8 Å². The van der Waals surface area contributed by atoms with Crippen LogP contribution in [-0.4, -0.2) is 29.3 Å². The van der Waals surface area contributed by atoms with Gasteiger partial charge < -0.3 is 14.6 Å². The molecule has 1 aliphatic heterocycles. The summed E-state index contributed by atoms with van der Waals surface area (Å²) < 4.78 is 10.4. The Hall–Kier alpha value is -2.21. The van der Waals surface area contributed by atoms with Gasteiger partial charge in [-0.3, -0.25) is 4.79 Å². The van der Waals surface area contributed by atoms with Crippen LogP contribution in [0.15, 0.2) is 28.8 Å². The Bertz CT molecular complexity index is 615. The van der Waals surface area contributed by atoms with Crippen LogP contribution in [0.4, 0.5) is 0 Å². The van der Waals surface area contributed by atoms with Crippen molar-refractivity contribution in [1.82, 2.24) is 15.5 Å². The molecule has 1 unspecified atom stereocenters. The van der Waals surface area contributed by atoms with Crippen molar-refractivity contribution in [3.63, 3.8) is 0 Å². The molecule has 1 aromatic carbocycles. The van der Waals surface area contributed by atoms with Crippen molar-refractivity contribution in [2.75, 3.05) is 13.2 Å². The van der Waals surface area contributed by atoms with Gasteiger partial charge in [0.2, 0.25) is 5.91 Å². The van der Waals surface area contributed by atoms with Gasteiger partial charge in [-0.05, 0) is 25.5 Å². The molecule has 0 bridgehead atoms. The molecule has 21 heavy (non-hydrogen) atoms. The van der Waals surface area contributed by atoms with Crippen LogP contribution < -0.4 is 5.32 Å². The average Bonchev–Trinajstić information content (AvgIpc) is 3.17. The Kier molecular flexibility index (Phi) is 3.96. The minimum absolute atomic E-state index is 0.0193. The third-order valence-corrected chi connectivity index (χ3v) is 3.49. The Labute approximate surface area is 122 Å². The Morgan fingerprint density at radius 2 is 2.19 bits per heavy atom. The summed E-state index contributed by atoms with van der Waals surface area (Å²) >= 11 is 0. The molecule has 1 aliphatic rings. The van der Waals surface area contributed by atoms with Crippen molar-refractivity contribution in [1.29, 1.82) is 0 Å². The summed E-state index contributed by atoms with van der Waals surface area (Å²) in [5.41, 5.74) is 2.04. The molecule has 0 aliphatic carbocycles. The zero-order chi connectivity index (χ0) is 14.7. The van der Waals surface area contributed by atoms with E-state index >= 15 is 0 Å². The fraction of sp³-hybridized carbons (Fsp3) is 0.400. The normalized spacial score (nSPS) is 17.9. The predicted octanol–water partition coefficient (Wildman–Crippen LogP) is 1.70. The second kappa shape index (κ2) is 6.05. The first-order valence-electron chi connectivity index (χ1n) is 6.97. The summed E-state index contributed by atoms with van der Waals surface area (Å²) in [4.78, 5) is 16.1. The molecule has 0 saturated carbocycles. The van der Waals surface area contributed by atoms with E-state index in [0.29, 0.717) is 24.9 Å². The summed E-state index contributed by atoms with van der Waals surface area (Å²) in [6.45, 7) is 3.43. The van der Waals surface area contributed by atoms with E-state index in [2.05, 4.69) is 15.5 Å². The average molecular weight is 287 g/mol. The van der Waals surface area contributed by atoms with E-state index in [4.69, 9.17) is 9.26 Å². The van der Waals surface area contributed by atoms with Crippen LogP contribution in [0.5, 0.6) is 0 Å². The first kappa shape index (κ1) is 13.8. The summed E-state index contributed by atoms with van der Waals surface area (Å²) in [5.74, 6) is 0.851. The lowest BCUT2D eigenvalue weighted by molar-refractivity contribution is -0.125. The lowest BCUT2D eigenvalue weighted by Crippen LogP contribution is -2.30. The van der Waals surface area contributed by atoms with Crippen LogP contribution in [-0.2, 0) is 16.1 Å². The van der Waals surface area contributed by atoms with Gasteiger partial charge in [-0.15, -0.1) is 0 Å². The highest BCUT2D eigenvalue weighted by molar-refractivity contribution is 5.78. The quantitative estimate of drug-likeness (QED) is 0.926. The first-order valence-corrected chi connectivity index (χ1v) is 6.97. The maximum Gasteiger partial charge on any atom is 0.257 e. The van der Waals surface area contributed by atoms with E-state index in [1.54, 1.807) is 0 Å². The number of carbonyl (C=O) groups excluding carboxylic acids is 1. The van der Waals surface area contributed by atoms with Crippen molar-refractivity contribution < 1.29 is 14.1 Å². The van der Waals surface area contributed by atoms with E-state index in [0.717, 1.165) is 12.0 Å².